The predicted octanol–water partition coefficient (Wildman–Crippen LogP) is 5.16. The number of aliphatic hydroxyl groups is 1. The number of hydrogen-bond acceptors (Lipinski definition) is 4. The van der Waals surface area contributed by atoms with E-state index in [4.69, 9.17) is 4.74 Å². The molecule has 1 aliphatic carbocycles. The Balaban J connectivity index is 1.97. The number of rotatable bonds is 4. The molecule has 3 atom stereocenters. The van der Waals surface area contributed by atoms with Crippen molar-refractivity contribution >= 4 is 16.6 Å². The predicted molar refractivity (Wildman–Crippen MR) is 112 cm³/mol. The maximum Gasteiger partial charge on any atom is 0.419 e. The average molecular weight is 468 g/mol. The van der Waals surface area contributed by atoms with Crippen LogP contribution in [0.3, 0.4) is 0 Å². The van der Waals surface area contributed by atoms with Gasteiger partial charge < -0.3 is 20.1 Å². The number of ether oxygens (including phenoxy) is 1. The second-order valence-corrected chi connectivity index (χ2v) is 8.10. The Morgan fingerprint density at radius 3 is 2.48 bits per heavy atom. The molecule has 3 aromatic rings. The van der Waals surface area contributed by atoms with Crippen LogP contribution < -0.4 is 15.6 Å². The maximum absolute atomic E-state index is 14.5. The van der Waals surface area contributed by atoms with Gasteiger partial charge in [0.05, 0.1) is 18.7 Å². The zero-order chi connectivity index (χ0) is 24.1. The molecule has 5 nitrogen and oxygen atoms in total. The number of anilines is 1. The summed E-state index contributed by atoms with van der Waals surface area (Å²) in [4.78, 5) is 13.9. The van der Waals surface area contributed by atoms with Gasteiger partial charge in [-0.1, -0.05) is 13.0 Å². The van der Waals surface area contributed by atoms with Crippen molar-refractivity contribution in [3.63, 3.8) is 0 Å². The number of alkyl halides is 3. The molecule has 2 aromatic carbocycles. The molecule has 33 heavy (non-hydrogen) atoms. The SMILES string of the molecule is CC[C@@H]1C[C@](O)(C(F)(F)F)[C@@H](Nc2ccc(F)c3[nH]c(=O)ccc23)c2ccc(F)c(OC)c21. The highest BCUT2D eigenvalue weighted by molar-refractivity contribution is 5.91. The van der Waals surface area contributed by atoms with E-state index in [1.807, 2.05) is 0 Å². The Kier molecular flexibility index (Phi) is 5.60. The van der Waals surface area contributed by atoms with Gasteiger partial charge in [-0.2, -0.15) is 13.2 Å². The molecular weight excluding hydrogens is 447 g/mol. The third-order valence-electron chi connectivity index (χ3n) is 6.27. The first kappa shape index (κ1) is 23.0. The van der Waals surface area contributed by atoms with Crippen molar-refractivity contribution in [3.8, 4) is 5.75 Å². The van der Waals surface area contributed by atoms with E-state index in [1.165, 1.54) is 25.3 Å². The van der Waals surface area contributed by atoms with Gasteiger partial charge in [0.1, 0.15) is 5.82 Å². The van der Waals surface area contributed by atoms with E-state index in [2.05, 4.69) is 10.3 Å². The number of pyridine rings is 1. The first-order chi connectivity index (χ1) is 15.5. The molecular formula is C23H21F5N2O3. The number of aromatic amines is 1. The molecule has 0 bridgehead atoms. The number of methoxy groups -OCH3 is 1. The highest BCUT2D eigenvalue weighted by Gasteiger charge is 2.62. The monoisotopic (exact) mass is 468 g/mol. The molecule has 4 rings (SSSR count). The number of benzene rings is 2. The molecule has 0 amide bonds. The van der Waals surface area contributed by atoms with Crippen LogP contribution in [0.2, 0.25) is 0 Å². The van der Waals surface area contributed by atoms with Crippen LogP contribution >= 0.6 is 0 Å². The number of nitrogens with one attached hydrogen (secondary N) is 2. The quantitative estimate of drug-likeness (QED) is 0.463. The van der Waals surface area contributed by atoms with Crippen LogP contribution in [0, 0.1) is 11.6 Å². The Morgan fingerprint density at radius 2 is 1.85 bits per heavy atom. The number of halogens is 5. The van der Waals surface area contributed by atoms with Crippen molar-refractivity contribution in [2.24, 2.45) is 0 Å². The Labute approximate surface area is 185 Å². The normalized spacial score (nSPS) is 22.8. The third kappa shape index (κ3) is 3.62. The Hall–Kier alpha value is -3.14. The summed E-state index contributed by atoms with van der Waals surface area (Å²) < 4.78 is 76.7. The lowest BCUT2D eigenvalue weighted by Crippen LogP contribution is -2.55. The van der Waals surface area contributed by atoms with E-state index in [0.717, 1.165) is 18.2 Å². The number of fused-ring (bicyclic) bond motifs is 2. The van der Waals surface area contributed by atoms with Crippen molar-refractivity contribution in [1.82, 2.24) is 4.98 Å². The van der Waals surface area contributed by atoms with Crippen molar-refractivity contribution in [3.05, 3.63) is 69.5 Å². The van der Waals surface area contributed by atoms with E-state index in [-0.39, 0.29) is 39.9 Å². The molecule has 0 radical (unpaired) electrons. The second kappa shape index (κ2) is 8.02. The molecule has 1 aromatic heterocycles. The van der Waals surface area contributed by atoms with Crippen LogP contribution in [0.4, 0.5) is 27.6 Å². The highest BCUT2D eigenvalue weighted by Crippen LogP contribution is 2.55. The summed E-state index contributed by atoms with van der Waals surface area (Å²) in [6.07, 6.45) is -5.56. The first-order valence-corrected chi connectivity index (χ1v) is 10.2. The molecule has 1 aliphatic rings. The van der Waals surface area contributed by atoms with Gasteiger partial charge >= 0.3 is 6.18 Å². The smallest absolute Gasteiger partial charge is 0.419 e. The summed E-state index contributed by atoms with van der Waals surface area (Å²) in [7, 11) is 1.22. The topological polar surface area (TPSA) is 74.4 Å². The van der Waals surface area contributed by atoms with E-state index in [9.17, 15) is 31.9 Å². The second-order valence-electron chi connectivity index (χ2n) is 8.10. The van der Waals surface area contributed by atoms with E-state index in [0.29, 0.717) is 0 Å². The minimum absolute atomic E-state index is 0.0214. The summed E-state index contributed by atoms with van der Waals surface area (Å²) in [6, 6.07) is 5.03. The number of hydrogen-bond donors (Lipinski definition) is 3. The minimum atomic E-state index is -5.04. The minimum Gasteiger partial charge on any atom is -0.493 e. The lowest BCUT2D eigenvalue weighted by atomic mass is 9.69. The van der Waals surface area contributed by atoms with Gasteiger partial charge in [0, 0.05) is 22.7 Å². The summed E-state index contributed by atoms with van der Waals surface area (Å²) >= 11 is 0. The number of aromatic nitrogens is 1. The van der Waals surface area contributed by atoms with Gasteiger partial charge in [0.25, 0.3) is 0 Å². The van der Waals surface area contributed by atoms with Crippen molar-refractivity contribution in [1.29, 1.82) is 0 Å². The van der Waals surface area contributed by atoms with Crippen molar-refractivity contribution in [2.45, 2.75) is 43.5 Å². The zero-order valence-electron chi connectivity index (χ0n) is 17.7. The Bertz CT molecular complexity index is 1270. The van der Waals surface area contributed by atoms with Gasteiger partial charge in [0.2, 0.25) is 5.56 Å². The van der Waals surface area contributed by atoms with Crippen LogP contribution in [-0.4, -0.2) is 29.0 Å². The standard InChI is InChI=1S/C23H21F5N2O3/c1-3-11-10-22(32,23(26,27)28)21(13-4-6-15(25)20(33-2)18(11)13)29-16-8-7-14(24)19-12(16)5-9-17(31)30-19/h4-9,11,21,29,32H,3,10H2,1-2H3,(H,30,31)/t11-,21+,22-/m1/s1. The first-order valence-electron chi connectivity index (χ1n) is 10.2. The molecule has 176 valence electrons. The van der Waals surface area contributed by atoms with Crippen molar-refractivity contribution in [2.75, 3.05) is 12.4 Å². The highest BCUT2D eigenvalue weighted by atomic mass is 19.4. The van der Waals surface area contributed by atoms with E-state index < -0.39 is 47.4 Å². The van der Waals surface area contributed by atoms with Gasteiger partial charge in [-0.05, 0) is 48.6 Å². The third-order valence-corrected chi connectivity index (χ3v) is 6.27. The largest absolute Gasteiger partial charge is 0.493 e. The summed E-state index contributed by atoms with van der Waals surface area (Å²) in [5, 5.41) is 13.8. The van der Waals surface area contributed by atoms with Crippen LogP contribution in [0.25, 0.3) is 10.9 Å². The molecule has 1 heterocycles. The van der Waals surface area contributed by atoms with Crippen LogP contribution in [0.1, 0.15) is 42.9 Å². The van der Waals surface area contributed by atoms with Crippen molar-refractivity contribution < 1.29 is 31.8 Å². The fraction of sp³-hybridized carbons (Fsp3) is 0.348. The maximum atomic E-state index is 14.5. The Morgan fingerprint density at radius 1 is 1.15 bits per heavy atom. The molecule has 0 fully saturated rings. The summed E-state index contributed by atoms with van der Waals surface area (Å²) in [5.41, 5.74) is -3.67. The fourth-order valence-corrected chi connectivity index (χ4v) is 4.64. The lowest BCUT2D eigenvalue weighted by molar-refractivity contribution is -0.272. The molecule has 0 aliphatic heterocycles. The molecule has 0 saturated carbocycles. The molecule has 10 heteroatoms. The lowest BCUT2D eigenvalue weighted by Gasteiger charge is -2.46. The molecule has 3 N–H and O–H groups in total. The number of H-pyrrole nitrogens is 1. The van der Waals surface area contributed by atoms with Gasteiger partial charge in [0.15, 0.2) is 17.2 Å². The van der Waals surface area contributed by atoms with E-state index >= 15 is 0 Å². The summed E-state index contributed by atoms with van der Waals surface area (Å²) in [5.74, 6) is -2.49. The van der Waals surface area contributed by atoms with Gasteiger partial charge in [-0.15, -0.1) is 0 Å². The van der Waals surface area contributed by atoms with E-state index in [1.54, 1.807) is 6.92 Å². The fourth-order valence-electron chi connectivity index (χ4n) is 4.64. The molecule has 0 saturated heterocycles. The van der Waals surface area contributed by atoms with Crippen LogP contribution in [0.15, 0.2) is 41.2 Å². The van der Waals surface area contributed by atoms with Gasteiger partial charge in [-0.25, -0.2) is 8.78 Å². The molecule has 0 spiro atoms. The molecule has 0 unspecified atom stereocenters. The van der Waals surface area contributed by atoms with Crippen LogP contribution in [-0.2, 0) is 0 Å². The zero-order valence-corrected chi connectivity index (χ0v) is 17.7. The summed E-state index contributed by atoms with van der Waals surface area (Å²) in [6.45, 7) is 1.65. The van der Waals surface area contributed by atoms with Gasteiger partial charge in [-0.3, -0.25) is 4.79 Å². The van der Waals surface area contributed by atoms with Crippen LogP contribution in [0.5, 0.6) is 5.75 Å². The average Bonchev–Trinajstić information content (AvgIpc) is 2.76.